The third kappa shape index (κ3) is 3.60. The zero-order valence-corrected chi connectivity index (χ0v) is 10.8. The van der Waals surface area contributed by atoms with Crippen LogP contribution in [0.2, 0.25) is 5.02 Å². The van der Waals surface area contributed by atoms with Crippen LogP contribution in [0, 0.1) is 5.82 Å². The zero-order valence-electron chi connectivity index (χ0n) is 10.0. The minimum absolute atomic E-state index is 0.107. The van der Waals surface area contributed by atoms with Crippen LogP contribution in [0.5, 0.6) is 0 Å². The highest BCUT2D eigenvalue weighted by Crippen LogP contribution is 2.20. The lowest BCUT2D eigenvalue weighted by Crippen LogP contribution is -2.39. The first-order valence-electron chi connectivity index (χ1n) is 6.18. The van der Waals surface area contributed by atoms with E-state index in [0.717, 1.165) is 25.7 Å². The SMILES string of the molecule is O=C(Nc1cc(Cl)ccc1F)NC1CCCCC1. The first kappa shape index (κ1) is 13.1. The van der Waals surface area contributed by atoms with E-state index in [-0.39, 0.29) is 17.8 Å². The Morgan fingerprint density at radius 1 is 1.28 bits per heavy atom. The molecule has 0 spiro atoms. The molecule has 1 aliphatic rings. The summed E-state index contributed by atoms with van der Waals surface area (Å²) in [6.45, 7) is 0. The quantitative estimate of drug-likeness (QED) is 0.840. The predicted molar refractivity (Wildman–Crippen MR) is 70.4 cm³/mol. The summed E-state index contributed by atoms with van der Waals surface area (Å²) in [5.74, 6) is -0.488. The minimum Gasteiger partial charge on any atom is -0.335 e. The number of halogens is 2. The fourth-order valence-electron chi connectivity index (χ4n) is 2.18. The van der Waals surface area contributed by atoms with Crippen LogP contribution in [0.4, 0.5) is 14.9 Å². The summed E-state index contributed by atoms with van der Waals surface area (Å²) in [4.78, 5) is 11.7. The monoisotopic (exact) mass is 270 g/mol. The van der Waals surface area contributed by atoms with Crippen LogP contribution in [0.3, 0.4) is 0 Å². The molecule has 0 saturated heterocycles. The number of rotatable bonds is 2. The van der Waals surface area contributed by atoms with Gasteiger partial charge in [-0.2, -0.15) is 0 Å². The van der Waals surface area contributed by atoms with E-state index in [2.05, 4.69) is 10.6 Å². The van der Waals surface area contributed by atoms with Crippen molar-refractivity contribution < 1.29 is 9.18 Å². The van der Waals surface area contributed by atoms with Crippen molar-refractivity contribution in [1.82, 2.24) is 5.32 Å². The normalized spacial score (nSPS) is 16.3. The van der Waals surface area contributed by atoms with Gasteiger partial charge in [-0.15, -0.1) is 0 Å². The Labute approximate surface area is 111 Å². The lowest BCUT2D eigenvalue weighted by Gasteiger charge is -2.22. The van der Waals surface area contributed by atoms with Crippen LogP contribution in [0.25, 0.3) is 0 Å². The Morgan fingerprint density at radius 3 is 2.72 bits per heavy atom. The first-order chi connectivity index (χ1) is 8.65. The van der Waals surface area contributed by atoms with E-state index in [1.54, 1.807) is 0 Å². The third-order valence-electron chi connectivity index (χ3n) is 3.12. The van der Waals surface area contributed by atoms with Crippen LogP contribution < -0.4 is 10.6 Å². The molecule has 18 heavy (non-hydrogen) atoms. The fourth-order valence-corrected chi connectivity index (χ4v) is 2.36. The summed E-state index contributed by atoms with van der Waals surface area (Å²) < 4.78 is 13.4. The second kappa shape index (κ2) is 6.05. The van der Waals surface area contributed by atoms with Crippen molar-refractivity contribution in [2.45, 2.75) is 38.1 Å². The van der Waals surface area contributed by atoms with Crippen LogP contribution in [0.1, 0.15) is 32.1 Å². The van der Waals surface area contributed by atoms with Gasteiger partial charge < -0.3 is 10.6 Å². The molecule has 2 N–H and O–H groups in total. The Bertz CT molecular complexity index is 433. The third-order valence-corrected chi connectivity index (χ3v) is 3.35. The van der Waals surface area contributed by atoms with E-state index in [0.29, 0.717) is 5.02 Å². The molecule has 0 heterocycles. The van der Waals surface area contributed by atoms with E-state index in [9.17, 15) is 9.18 Å². The molecule has 1 aliphatic carbocycles. The summed E-state index contributed by atoms with van der Waals surface area (Å²) in [5.41, 5.74) is 0.107. The number of urea groups is 1. The molecule has 1 fully saturated rings. The lowest BCUT2D eigenvalue weighted by molar-refractivity contribution is 0.244. The van der Waals surface area contributed by atoms with Crippen LogP contribution >= 0.6 is 11.6 Å². The molecular formula is C13H16ClFN2O. The van der Waals surface area contributed by atoms with Crippen LogP contribution in [-0.4, -0.2) is 12.1 Å². The molecule has 0 aliphatic heterocycles. The summed E-state index contributed by atoms with van der Waals surface area (Å²) in [5, 5.41) is 5.74. The number of hydrogen-bond donors (Lipinski definition) is 2. The fraction of sp³-hybridized carbons (Fsp3) is 0.462. The number of carbonyl (C=O) groups excluding carboxylic acids is 1. The number of hydrogen-bond acceptors (Lipinski definition) is 1. The second-order valence-corrected chi connectivity index (χ2v) is 4.99. The van der Waals surface area contributed by atoms with E-state index in [1.165, 1.54) is 24.6 Å². The highest BCUT2D eigenvalue weighted by molar-refractivity contribution is 6.30. The summed E-state index contributed by atoms with van der Waals surface area (Å²) in [6.07, 6.45) is 5.48. The Balaban J connectivity index is 1.92. The van der Waals surface area contributed by atoms with Crippen molar-refractivity contribution in [3.8, 4) is 0 Å². The molecule has 1 aromatic rings. The highest BCUT2D eigenvalue weighted by Gasteiger charge is 2.16. The van der Waals surface area contributed by atoms with Crippen molar-refractivity contribution in [1.29, 1.82) is 0 Å². The van der Waals surface area contributed by atoms with Gasteiger partial charge in [0.05, 0.1) is 5.69 Å². The number of anilines is 1. The lowest BCUT2D eigenvalue weighted by atomic mass is 9.96. The molecule has 0 atom stereocenters. The standard InChI is InChI=1S/C13H16ClFN2O/c14-9-6-7-11(15)12(8-9)17-13(18)16-10-4-2-1-3-5-10/h6-8,10H,1-5H2,(H2,16,17,18). The van der Waals surface area contributed by atoms with Crippen LogP contribution in [0.15, 0.2) is 18.2 Å². The predicted octanol–water partition coefficient (Wildman–Crippen LogP) is 3.93. The minimum atomic E-state index is -0.488. The van der Waals surface area contributed by atoms with E-state index >= 15 is 0 Å². The van der Waals surface area contributed by atoms with E-state index < -0.39 is 5.82 Å². The van der Waals surface area contributed by atoms with E-state index in [1.807, 2.05) is 0 Å². The van der Waals surface area contributed by atoms with Crippen molar-refractivity contribution in [3.63, 3.8) is 0 Å². The van der Waals surface area contributed by atoms with Gasteiger partial charge in [0.1, 0.15) is 5.82 Å². The molecule has 0 radical (unpaired) electrons. The first-order valence-corrected chi connectivity index (χ1v) is 6.55. The maximum atomic E-state index is 13.4. The molecule has 0 unspecified atom stereocenters. The molecule has 1 saturated carbocycles. The number of nitrogens with one attached hydrogen (secondary N) is 2. The highest BCUT2D eigenvalue weighted by atomic mass is 35.5. The number of carbonyl (C=O) groups is 1. The maximum absolute atomic E-state index is 13.4. The van der Waals surface area contributed by atoms with Gasteiger partial charge in [-0.25, -0.2) is 9.18 Å². The average molecular weight is 271 g/mol. The van der Waals surface area contributed by atoms with Crippen LogP contribution in [-0.2, 0) is 0 Å². The summed E-state index contributed by atoms with van der Waals surface area (Å²) in [6, 6.07) is 3.90. The van der Waals surface area contributed by atoms with Gasteiger partial charge in [-0.3, -0.25) is 0 Å². The summed E-state index contributed by atoms with van der Waals surface area (Å²) in [7, 11) is 0. The van der Waals surface area contributed by atoms with Gasteiger partial charge in [-0.1, -0.05) is 30.9 Å². The van der Waals surface area contributed by atoms with Gasteiger partial charge in [0.25, 0.3) is 0 Å². The molecule has 0 aromatic heterocycles. The second-order valence-electron chi connectivity index (χ2n) is 4.56. The van der Waals surface area contributed by atoms with Gasteiger partial charge in [0, 0.05) is 11.1 Å². The van der Waals surface area contributed by atoms with Crippen molar-refractivity contribution >= 4 is 23.3 Å². The van der Waals surface area contributed by atoms with Crippen molar-refractivity contribution in [2.75, 3.05) is 5.32 Å². The van der Waals surface area contributed by atoms with E-state index in [4.69, 9.17) is 11.6 Å². The topological polar surface area (TPSA) is 41.1 Å². The molecular weight excluding hydrogens is 255 g/mol. The largest absolute Gasteiger partial charge is 0.335 e. The maximum Gasteiger partial charge on any atom is 0.319 e. The Hall–Kier alpha value is -1.29. The summed E-state index contributed by atoms with van der Waals surface area (Å²) >= 11 is 5.75. The molecule has 2 rings (SSSR count). The molecule has 98 valence electrons. The number of benzene rings is 1. The van der Waals surface area contributed by atoms with Crippen molar-refractivity contribution in [3.05, 3.63) is 29.0 Å². The van der Waals surface area contributed by atoms with Gasteiger partial charge in [-0.05, 0) is 31.0 Å². The van der Waals surface area contributed by atoms with Crippen molar-refractivity contribution in [2.24, 2.45) is 0 Å². The Kier molecular flexibility index (Phi) is 4.42. The number of amides is 2. The molecule has 0 bridgehead atoms. The molecule has 1 aromatic carbocycles. The smallest absolute Gasteiger partial charge is 0.319 e. The van der Waals surface area contributed by atoms with Gasteiger partial charge in [0.2, 0.25) is 0 Å². The average Bonchev–Trinajstić information content (AvgIpc) is 2.35. The Morgan fingerprint density at radius 2 is 2.00 bits per heavy atom. The molecule has 2 amide bonds. The molecule has 3 nitrogen and oxygen atoms in total. The van der Waals surface area contributed by atoms with Gasteiger partial charge in [0.15, 0.2) is 0 Å². The van der Waals surface area contributed by atoms with Gasteiger partial charge >= 0.3 is 6.03 Å². The molecule has 5 heteroatoms. The zero-order chi connectivity index (χ0) is 13.0.